The Labute approximate surface area is 169 Å². The summed E-state index contributed by atoms with van der Waals surface area (Å²) >= 11 is 0. The number of hydrogen-bond acceptors (Lipinski definition) is 7. The summed E-state index contributed by atoms with van der Waals surface area (Å²) in [5.41, 5.74) is 1.52. The van der Waals surface area contributed by atoms with Gasteiger partial charge in [0.05, 0.1) is 30.5 Å². The van der Waals surface area contributed by atoms with Crippen molar-refractivity contribution in [3.63, 3.8) is 0 Å². The summed E-state index contributed by atoms with van der Waals surface area (Å²) in [6.07, 6.45) is 4.02. The van der Waals surface area contributed by atoms with Crippen molar-refractivity contribution in [2.24, 2.45) is 5.92 Å². The maximum atomic E-state index is 9.08. The van der Waals surface area contributed by atoms with E-state index in [4.69, 9.17) is 14.4 Å². The molecule has 2 aliphatic heterocycles. The first-order chi connectivity index (χ1) is 14.3. The smallest absolute Gasteiger partial charge is 0.180 e. The van der Waals surface area contributed by atoms with E-state index >= 15 is 0 Å². The Kier molecular flexibility index (Phi) is 5.08. The Hall–Kier alpha value is -2.64. The maximum Gasteiger partial charge on any atom is 0.180 e. The lowest BCUT2D eigenvalue weighted by Gasteiger charge is -2.46. The zero-order chi connectivity index (χ0) is 19.6. The molecule has 1 aromatic carbocycles. The highest BCUT2D eigenvalue weighted by Crippen LogP contribution is 2.31. The third-order valence-corrected chi connectivity index (χ3v) is 6.11. The number of para-hydroxylation sites is 1. The van der Waals surface area contributed by atoms with Gasteiger partial charge in [0.2, 0.25) is 0 Å². The van der Waals surface area contributed by atoms with Crippen molar-refractivity contribution in [1.29, 1.82) is 0 Å². The molecule has 152 valence electrons. The fourth-order valence-corrected chi connectivity index (χ4v) is 4.49. The molecule has 0 spiro atoms. The minimum absolute atomic E-state index is 0.0413. The number of ether oxygens (including phenoxy) is 1. The van der Waals surface area contributed by atoms with Crippen LogP contribution in [-0.4, -0.2) is 59.0 Å². The molecule has 7 heteroatoms. The van der Waals surface area contributed by atoms with Gasteiger partial charge in [0.25, 0.3) is 0 Å². The number of benzene rings is 1. The zero-order valence-electron chi connectivity index (χ0n) is 16.4. The molecule has 29 heavy (non-hydrogen) atoms. The Morgan fingerprint density at radius 3 is 2.90 bits per heavy atom. The van der Waals surface area contributed by atoms with Crippen molar-refractivity contribution in [3.8, 4) is 5.75 Å². The number of fused-ring (bicyclic) bond motifs is 2. The average molecular weight is 394 g/mol. The third kappa shape index (κ3) is 3.80. The number of aromatic nitrogens is 2. The second kappa shape index (κ2) is 8.00. The number of nitrogens with zero attached hydrogens (tertiary/aromatic N) is 4. The molecule has 3 aromatic rings. The van der Waals surface area contributed by atoms with Gasteiger partial charge < -0.3 is 19.3 Å². The number of aliphatic hydroxyl groups excluding tert-OH is 1. The summed E-state index contributed by atoms with van der Waals surface area (Å²) in [7, 11) is 0. The molecule has 0 bridgehead atoms. The molecule has 2 saturated heterocycles. The summed E-state index contributed by atoms with van der Waals surface area (Å²) in [6.45, 7) is 4.74. The van der Waals surface area contributed by atoms with Crippen molar-refractivity contribution in [2.45, 2.75) is 25.5 Å². The van der Waals surface area contributed by atoms with E-state index in [0.29, 0.717) is 24.3 Å². The Bertz CT molecular complexity index is 958. The zero-order valence-corrected chi connectivity index (χ0v) is 16.4. The van der Waals surface area contributed by atoms with Gasteiger partial charge in [-0.1, -0.05) is 17.3 Å². The lowest BCUT2D eigenvalue weighted by molar-refractivity contribution is 0.0726. The first-order valence-electron chi connectivity index (χ1n) is 10.3. The van der Waals surface area contributed by atoms with Crippen LogP contribution in [0.4, 0.5) is 5.82 Å². The summed E-state index contributed by atoms with van der Waals surface area (Å²) in [5.74, 6) is 2.28. The predicted molar refractivity (Wildman–Crippen MR) is 110 cm³/mol. The molecule has 4 heterocycles. The molecule has 2 aromatic heterocycles. The van der Waals surface area contributed by atoms with Gasteiger partial charge in [0, 0.05) is 38.1 Å². The molecule has 7 nitrogen and oxygen atoms in total. The van der Waals surface area contributed by atoms with Crippen LogP contribution < -0.4 is 9.64 Å². The topological polar surface area (TPSA) is 74.9 Å². The van der Waals surface area contributed by atoms with E-state index in [-0.39, 0.29) is 6.61 Å². The molecule has 5 rings (SSSR count). The summed E-state index contributed by atoms with van der Waals surface area (Å²) in [5, 5.41) is 14.5. The molecule has 0 radical (unpaired) electrons. The van der Waals surface area contributed by atoms with Crippen LogP contribution in [0.5, 0.6) is 5.75 Å². The van der Waals surface area contributed by atoms with E-state index < -0.39 is 0 Å². The monoisotopic (exact) mass is 394 g/mol. The van der Waals surface area contributed by atoms with Gasteiger partial charge in [-0.25, -0.2) is 0 Å². The van der Waals surface area contributed by atoms with Crippen molar-refractivity contribution in [3.05, 3.63) is 48.3 Å². The second-order valence-electron chi connectivity index (χ2n) is 7.99. The lowest BCUT2D eigenvalue weighted by atomic mass is 9.91. The van der Waals surface area contributed by atoms with E-state index in [0.717, 1.165) is 55.1 Å². The van der Waals surface area contributed by atoms with Gasteiger partial charge in [-0.3, -0.25) is 9.88 Å². The maximum absolute atomic E-state index is 9.08. The van der Waals surface area contributed by atoms with E-state index in [1.807, 2.05) is 24.3 Å². The van der Waals surface area contributed by atoms with Crippen LogP contribution in [0.15, 0.2) is 47.1 Å². The third-order valence-electron chi connectivity index (χ3n) is 6.11. The summed E-state index contributed by atoms with van der Waals surface area (Å²) in [4.78, 5) is 9.15. The first-order valence-corrected chi connectivity index (χ1v) is 10.3. The Balaban J connectivity index is 1.17. The molecule has 2 aliphatic rings. The molecular weight excluding hydrogens is 368 g/mol. The molecule has 0 amide bonds. The Morgan fingerprint density at radius 1 is 1.10 bits per heavy atom. The van der Waals surface area contributed by atoms with Gasteiger partial charge in [0.1, 0.15) is 5.75 Å². The van der Waals surface area contributed by atoms with Crippen molar-refractivity contribution in [1.82, 2.24) is 15.0 Å². The van der Waals surface area contributed by atoms with Crippen LogP contribution >= 0.6 is 0 Å². The fourth-order valence-electron chi connectivity index (χ4n) is 4.49. The van der Waals surface area contributed by atoms with Crippen molar-refractivity contribution >= 4 is 16.8 Å². The number of piperazine rings is 1. The van der Waals surface area contributed by atoms with Gasteiger partial charge in [-0.05, 0) is 37.1 Å². The highest BCUT2D eigenvalue weighted by Gasteiger charge is 2.34. The van der Waals surface area contributed by atoms with E-state index in [2.05, 4.69) is 26.0 Å². The van der Waals surface area contributed by atoms with Crippen LogP contribution in [-0.2, 0) is 6.61 Å². The molecule has 2 atom stereocenters. The van der Waals surface area contributed by atoms with Crippen LogP contribution in [0.2, 0.25) is 0 Å². The average Bonchev–Trinajstić information content (AvgIpc) is 3.22. The Morgan fingerprint density at radius 2 is 2.03 bits per heavy atom. The standard InChI is InChI=1S/C22H26N4O3/c27-14-17-6-8-19(11-23-17)28-15-16-5-7-18-13-26(10-9-25(18)12-16)22-20-3-1-2-4-21(20)29-24-22/h1-4,6,8,11,16,18,27H,5,7,9-10,12-15H2. The molecule has 0 aliphatic carbocycles. The van der Waals surface area contributed by atoms with Crippen molar-refractivity contribution in [2.75, 3.05) is 37.7 Å². The summed E-state index contributed by atoms with van der Waals surface area (Å²) < 4.78 is 11.5. The summed E-state index contributed by atoms with van der Waals surface area (Å²) in [6, 6.07) is 12.3. The normalized spacial score (nSPS) is 22.6. The molecular formula is C22H26N4O3. The van der Waals surface area contributed by atoms with Crippen LogP contribution in [0.3, 0.4) is 0 Å². The minimum atomic E-state index is -0.0413. The van der Waals surface area contributed by atoms with Gasteiger partial charge in [0.15, 0.2) is 11.4 Å². The van der Waals surface area contributed by atoms with Gasteiger partial charge >= 0.3 is 0 Å². The van der Waals surface area contributed by atoms with Crippen LogP contribution in [0.25, 0.3) is 11.0 Å². The second-order valence-corrected chi connectivity index (χ2v) is 7.99. The molecule has 2 unspecified atom stereocenters. The fraction of sp³-hybridized carbons (Fsp3) is 0.455. The number of rotatable bonds is 5. The minimum Gasteiger partial charge on any atom is -0.492 e. The van der Waals surface area contributed by atoms with E-state index in [1.165, 1.54) is 6.42 Å². The molecule has 2 fully saturated rings. The van der Waals surface area contributed by atoms with E-state index in [9.17, 15) is 0 Å². The molecule has 0 saturated carbocycles. The SMILES string of the molecule is OCc1ccc(OCC2CCC3CN(c4noc5ccccc45)CCN3C2)cn1. The largest absolute Gasteiger partial charge is 0.492 e. The van der Waals surface area contributed by atoms with E-state index in [1.54, 1.807) is 12.3 Å². The van der Waals surface area contributed by atoms with Gasteiger partial charge in [-0.15, -0.1) is 0 Å². The first kappa shape index (κ1) is 18.4. The van der Waals surface area contributed by atoms with Gasteiger partial charge in [-0.2, -0.15) is 0 Å². The number of aliphatic hydroxyl groups is 1. The number of hydrogen-bond donors (Lipinski definition) is 1. The highest BCUT2D eigenvalue weighted by atomic mass is 16.5. The lowest BCUT2D eigenvalue weighted by Crippen LogP contribution is -2.57. The van der Waals surface area contributed by atoms with Crippen LogP contribution in [0, 0.1) is 5.92 Å². The van der Waals surface area contributed by atoms with Crippen molar-refractivity contribution < 1.29 is 14.4 Å². The highest BCUT2D eigenvalue weighted by molar-refractivity contribution is 5.88. The predicted octanol–water partition coefficient (Wildman–Crippen LogP) is 2.69. The van der Waals surface area contributed by atoms with Crippen LogP contribution in [0.1, 0.15) is 18.5 Å². The quantitative estimate of drug-likeness (QED) is 0.713. The number of anilines is 1. The number of piperidine rings is 1. The molecule has 1 N–H and O–H groups in total. The number of pyridine rings is 1.